The topological polar surface area (TPSA) is 67.0 Å². The Labute approximate surface area is 171 Å². The first-order valence-corrected chi connectivity index (χ1v) is 9.60. The van der Waals surface area contributed by atoms with Crippen molar-refractivity contribution in [2.24, 2.45) is 13.0 Å². The number of halogens is 3. The van der Waals surface area contributed by atoms with Crippen molar-refractivity contribution in [1.82, 2.24) is 19.4 Å². The molecule has 0 spiro atoms. The first-order chi connectivity index (χ1) is 14.3. The second-order valence-electron chi connectivity index (χ2n) is 7.41. The van der Waals surface area contributed by atoms with Gasteiger partial charge in [-0.3, -0.25) is 0 Å². The predicted molar refractivity (Wildman–Crippen MR) is 105 cm³/mol. The molecule has 6 nitrogen and oxygen atoms in total. The molecule has 3 aromatic rings. The van der Waals surface area contributed by atoms with Crippen molar-refractivity contribution in [3.05, 3.63) is 41.9 Å². The molecule has 0 aliphatic carbocycles. The van der Waals surface area contributed by atoms with Crippen LogP contribution in [0.5, 0.6) is 5.75 Å². The first-order valence-electron chi connectivity index (χ1n) is 9.60. The molecular weight excluding hydrogens is 395 g/mol. The summed E-state index contributed by atoms with van der Waals surface area (Å²) in [6.45, 7) is 4.89. The Hall–Kier alpha value is -3.12. The van der Waals surface area contributed by atoms with Crippen molar-refractivity contribution in [2.75, 3.05) is 26.2 Å². The molecule has 2 aromatic heterocycles. The number of hydrogen-bond acceptors (Lipinski definition) is 5. The summed E-state index contributed by atoms with van der Waals surface area (Å²) >= 11 is 0. The van der Waals surface area contributed by atoms with Crippen molar-refractivity contribution < 1.29 is 17.9 Å². The molecule has 3 heterocycles. The third-order valence-electron chi connectivity index (χ3n) is 5.34. The van der Waals surface area contributed by atoms with E-state index in [-0.39, 0.29) is 35.4 Å². The summed E-state index contributed by atoms with van der Waals surface area (Å²) in [5, 5.41) is 9.80. The van der Waals surface area contributed by atoms with Gasteiger partial charge < -0.3 is 14.2 Å². The number of likely N-dealkylation sites (tertiary alicyclic amines) is 1. The second-order valence-corrected chi connectivity index (χ2v) is 7.41. The zero-order valence-electron chi connectivity index (χ0n) is 16.6. The Kier molecular flexibility index (Phi) is 5.12. The van der Waals surface area contributed by atoms with Crippen LogP contribution < -0.4 is 4.74 Å². The van der Waals surface area contributed by atoms with Crippen LogP contribution in [0.25, 0.3) is 22.3 Å². The van der Waals surface area contributed by atoms with Gasteiger partial charge in [-0.15, -0.1) is 0 Å². The van der Waals surface area contributed by atoms with Crippen molar-refractivity contribution in [1.29, 1.82) is 5.26 Å². The van der Waals surface area contributed by atoms with Gasteiger partial charge in [-0.2, -0.15) is 18.4 Å². The summed E-state index contributed by atoms with van der Waals surface area (Å²) in [6, 6.07) is 7.50. The average molecular weight is 415 g/mol. The molecule has 0 radical (unpaired) electrons. The fraction of sp³-hybridized carbons (Fsp3) is 0.381. The van der Waals surface area contributed by atoms with Crippen LogP contribution in [0, 0.1) is 17.2 Å². The van der Waals surface area contributed by atoms with E-state index in [9.17, 15) is 18.4 Å². The van der Waals surface area contributed by atoms with E-state index in [1.165, 1.54) is 6.07 Å². The van der Waals surface area contributed by atoms with Crippen LogP contribution >= 0.6 is 0 Å². The molecule has 0 amide bonds. The number of benzene rings is 1. The van der Waals surface area contributed by atoms with Crippen LogP contribution in [0.15, 0.2) is 30.5 Å². The molecule has 9 heteroatoms. The van der Waals surface area contributed by atoms with E-state index in [2.05, 4.69) is 14.9 Å². The highest BCUT2D eigenvalue weighted by Gasteiger charge is 2.36. The number of alkyl halides is 3. The maximum absolute atomic E-state index is 13.8. The summed E-state index contributed by atoms with van der Waals surface area (Å²) < 4.78 is 48.5. The number of aryl methyl sites for hydroxylation is 1. The largest absolute Gasteiger partial charge is 0.493 e. The van der Waals surface area contributed by atoms with Crippen molar-refractivity contribution in [2.45, 2.75) is 13.1 Å². The van der Waals surface area contributed by atoms with Gasteiger partial charge in [-0.25, -0.2) is 9.97 Å². The minimum atomic E-state index is -4.58. The quantitative estimate of drug-likeness (QED) is 0.633. The lowest BCUT2D eigenvalue weighted by molar-refractivity contribution is -0.139. The monoisotopic (exact) mass is 415 g/mol. The van der Waals surface area contributed by atoms with E-state index in [0.717, 1.165) is 25.7 Å². The minimum absolute atomic E-state index is 0.0985. The molecule has 1 fully saturated rings. The average Bonchev–Trinajstić information content (AvgIpc) is 3.06. The van der Waals surface area contributed by atoms with E-state index in [1.54, 1.807) is 29.9 Å². The number of hydrogen-bond donors (Lipinski definition) is 0. The summed E-state index contributed by atoms with van der Waals surface area (Å²) in [5.74, 6) is -0.0616. The number of fused-ring (bicyclic) bond motifs is 1. The third-order valence-corrected chi connectivity index (χ3v) is 5.34. The highest BCUT2D eigenvalue weighted by molar-refractivity contribution is 5.91. The zero-order chi connectivity index (χ0) is 21.5. The van der Waals surface area contributed by atoms with Gasteiger partial charge in [0.1, 0.15) is 17.5 Å². The molecule has 30 heavy (non-hydrogen) atoms. The zero-order valence-corrected chi connectivity index (χ0v) is 16.6. The van der Waals surface area contributed by atoms with Crippen molar-refractivity contribution in [3.63, 3.8) is 0 Å². The summed E-state index contributed by atoms with van der Waals surface area (Å²) in [6.07, 6.45) is -2.86. The third kappa shape index (κ3) is 3.71. The summed E-state index contributed by atoms with van der Waals surface area (Å²) in [5.41, 5.74) is 0.168. The van der Waals surface area contributed by atoms with Crippen molar-refractivity contribution in [3.8, 4) is 23.1 Å². The lowest BCUT2D eigenvalue weighted by Gasteiger charge is -2.38. The smallest absolute Gasteiger partial charge is 0.419 e. The van der Waals surface area contributed by atoms with E-state index in [0.29, 0.717) is 11.0 Å². The Bertz CT molecular complexity index is 1130. The van der Waals surface area contributed by atoms with Gasteiger partial charge >= 0.3 is 6.18 Å². The van der Waals surface area contributed by atoms with Crippen LogP contribution in [0.2, 0.25) is 0 Å². The second kappa shape index (κ2) is 7.61. The molecule has 0 N–H and O–H groups in total. The van der Waals surface area contributed by atoms with Crippen molar-refractivity contribution >= 4 is 11.0 Å². The lowest BCUT2D eigenvalue weighted by Crippen LogP contribution is -2.48. The molecule has 156 valence electrons. The van der Waals surface area contributed by atoms with Crippen LogP contribution in [-0.2, 0) is 13.2 Å². The van der Waals surface area contributed by atoms with Gasteiger partial charge in [0, 0.05) is 43.2 Å². The fourth-order valence-corrected chi connectivity index (χ4v) is 3.68. The number of rotatable bonds is 5. The summed E-state index contributed by atoms with van der Waals surface area (Å²) in [4.78, 5) is 10.5. The van der Waals surface area contributed by atoms with Gasteiger partial charge in [0.15, 0.2) is 0 Å². The fourth-order valence-electron chi connectivity index (χ4n) is 3.68. The van der Waals surface area contributed by atoms with Gasteiger partial charge in [0.2, 0.25) is 5.82 Å². The number of nitrogens with zero attached hydrogens (tertiary/aromatic N) is 5. The van der Waals surface area contributed by atoms with E-state index in [1.807, 2.05) is 13.0 Å². The van der Waals surface area contributed by atoms with E-state index >= 15 is 0 Å². The molecule has 0 unspecified atom stereocenters. The number of nitriles is 1. The predicted octanol–water partition coefficient (Wildman–Crippen LogP) is 3.86. The van der Waals surface area contributed by atoms with Crippen LogP contribution in [-0.4, -0.2) is 45.7 Å². The SMILES string of the molecule is CCN1CC(COc2ccc(-c3nc(C#N)nc4c3ccn4C)cc2C(F)(F)F)C1. The Morgan fingerprint density at radius 2 is 2.00 bits per heavy atom. The molecule has 4 rings (SSSR count). The highest BCUT2D eigenvalue weighted by atomic mass is 19.4. The van der Waals surface area contributed by atoms with Gasteiger partial charge in [0.05, 0.1) is 17.9 Å². The van der Waals surface area contributed by atoms with E-state index < -0.39 is 11.7 Å². The number of ether oxygens (including phenoxy) is 1. The Morgan fingerprint density at radius 1 is 1.23 bits per heavy atom. The van der Waals surface area contributed by atoms with Crippen LogP contribution in [0.3, 0.4) is 0 Å². The molecular formula is C21H20F3N5O. The molecule has 0 bridgehead atoms. The number of aromatic nitrogens is 3. The first kappa shape index (κ1) is 20.2. The summed E-state index contributed by atoms with van der Waals surface area (Å²) in [7, 11) is 1.75. The molecule has 0 atom stereocenters. The molecule has 1 aliphatic heterocycles. The highest BCUT2D eigenvalue weighted by Crippen LogP contribution is 2.40. The van der Waals surface area contributed by atoms with E-state index in [4.69, 9.17) is 4.74 Å². The standard InChI is InChI=1S/C21H20F3N5O/c1-3-29-10-13(11-29)12-30-17-5-4-14(8-16(17)21(22,23)24)19-15-6-7-28(2)20(15)27-18(9-25)26-19/h4-8,13H,3,10-12H2,1-2H3. The normalized spacial score (nSPS) is 15.2. The Morgan fingerprint density at radius 3 is 2.67 bits per heavy atom. The van der Waals surface area contributed by atoms with Gasteiger partial charge in [0.25, 0.3) is 0 Å². The van der Waals surface area contributed by atoms with Crippen LogP contribution in [0.1, 0.15) is 18.3 Å². The van der Waals surface area contributed by atoms with Gasteiger partial charge in [-0.1, -0.05) is 6.92 Å². The van der Waals surface area contributed by atoms with Gasteiger partial charge in [-0.05, 0) is 30.8 Å². The lowest BCUT2D eigenvalue weighted by atomic mass is 10.0. The maximum Gasteiger partial charge on any atom is 0.419 e. The molecule has 1 saturated heterocycles. The van der Waals surface area contributed by atoms with Crippen LogP contribution in [0.4, 0.5) is 13.2 Å². The molecule has 0 saturated carbocycles. The maximum atomic E-state index is 13.8. The molecule has 1 aromatic carbocycles. The Balaban J connectivity index is 1.71. The molecule has 1 aliphatic rings. The minimum Gasteiger partial charge on any atom is -0.493 e.